The zero-order valence-electron chi connectivity index (χ0n) is 18.8. The van der Waals surface area contributed by atoms with Gasteiger partial charge in [0.1, 0.15) is 18.3 Å². The van der Waals surface area contributed by atoms with Crippen LogP contribution >= 0.6 is 0 Å². The molecule has 0 radical (unpaired) electrons. The van der Waals surface area contributed by atoms with E-state index >= 15 is 0 Å². The smallest absolute Gasteiger partial charge is 0.171 e. The molecule has 2 aromatic carbocycles. The Morgan fingerprint density at radius 1 is 1.03 bits per heavy atom. The number of hydrogen-bond acceptors (Lipinski definition) is 5. The number of hydrogen-bond donors (Lipinski definition) is 0. The summed E-state index contributed by atoms with van der Waals surface area (Å²) in [5.41, 5.74) is 4.24. The van der Waals surface area contributed by atoms with Crippen molar-refractivity contribution in [2.75, 3.05) is 26.2 Å². The van der Waals surface area contributed by atoms with Gasteiger partial charge < -0.3 is 13.9 Å². The van der Waals surface area contributed by atoms with Crippen LogP contribution in [0.1, 0.15) is 31.0 Å². The second-order valence-corrected chi connectivity index (χ2v) is 8.57. The van der Waals surface area contributed by atoms with Crippen LogP contribution < -0.4 is 9.47 Å². The first kappa shape index (κ1) is 20.8. The fourth-order valence-electron chi connectivity index (χ4n) is 4.51. The van der Waals surface area contributed by atoms with Crippen LogP contribution in [-0.4, -0.2) is 42.2 Å². The molecule has 0 saturated carbocycles. The molecule has 166 valence electrons. The topological polar surface area (TPSA) is 47.7 Å². The van der Waals surface area contributed by atoms with Gasteiger partial charge in [0.25, 0.3) is 0 Å². The third-order valence-corrected chi connectivity index (χ3v) is 6.27. The first-order chi connectivity index (χ1) is 15.7. The highest BCUT2D eigenvalue weighted by Gasteiger charge is 2.25. The molecule has 0 spiro atoms. The molecule has 1 aliphatic rings. The Balaban J connectivity index is 1.17. The van der Waals surface area contributed by atoms with E-state index in [2.05, 4.69) is 35.0 Å². The summed E-state index contributed by atoms with van der Waals surface area (Å²) >= 11 is 0. The van der Waals surface area contributed by atoms with Gasteiger partial charge in [0.05, 0.1) is 11.8 Å². The molecule has 0 bridgehead atoms. The highest BCUT2D eigenvalue weighted by atomic mass is 16.6. The molecule has 0 aliphatic carbocycles. The van der Waals surface area contributed by atoms with Crippen LogP contribution in [0.25, 0.3) is 21.9 Å². The Kier molecular flexibility index (Phi) is 5.99. The van der Waals surface area contributed by atoms with Gasteiger partial charge in [-0.2, -0.15) is 0 Å². The first-order valence-electron chi connectivity index (χ1n) is 11.6. The van der Waals surface area contributed by atoms with Gasteiger partial charge in [0, 0.05) is 23.0 Å². The van der Waals surface area contributed by atoms with E-state index in [0.29, 0.717) is 6.61 Å². The molecule has 3 heterocycles. The molecule has 2 aromatic heterocycles. The van der Waals surface area contributed by atoms with Gasteiger partial charge in [-0.25, -0.2) is 0 Å². The summed E-state index contributed by atoms with van der Waals surface area (Å²) in [6, 6.07) is 16.4. The van der Waals surface area contributed by atoms with Crippen molar-refractivity contribution >= 4 is 21.9 Å². The quantitative estimate of drug-likeness (QED) is 0.332. The van der Waals surface area contributed by atoms with Crippen molar-refractivity contribution < 1.29 is 13.9 Å². The average Bonchev–Trinajstić information content (AvgIpc) is 3.23. The zero-order valence-corrected chi connectivity index (χ0v) is 18.8. The van der Waals surface area contributed by atoms with Crippen LogP contribution in [-0.2, 0) is 6.42 Å². The zero-order chi connectivity index (χ0) is 21.9. The van der Waals surface area contributed by atoms with Crippen molar-refractivity contribution in [3.8, 4) is 11.5 Å². The molecule has 0 saturated heterocycles. The van der Waals surface area contributed by atoms with Crippen LogP contribution in [0.2, 0.25) is 0 Å². The van der Waals surface area contributed by atoms with Crippen molar-refractivity contribution in [1.29, 1.82) is 0 Å². The summed E-state index contributed by atoms with van der Waals surface area (Å²) in [5.74, 6) is 1.64. The third kappa shape index (κ3) is 4.30. The van der Waals surface area contributed by atoms with E-state index in [1.54, 1.807) is 0 Å². The van der Waals surface area contributed by atoms with Gasteiger partial charge in [-0.3, -0.25) is 9.88 Å². The number of ether oxygens (including phenoxy) is 2. The molecule has 1 atom stereocenters. The standard InChI is InChI=1S/C27H30N2O3/c1-3-29(15-7-6-8-20-17-30-25-10-5-4-9-22(20)25)16-21-18-31-26-14-13-24-23(27(26)32-21)12-11-19(2)28-24/h4-5,9-14,17,21H,3,6-8,15-16,18H2,1-2H3/t21-/m0/s1. The van der Waals surface area contributed by atoms with E-state index in [4.69, 9.17) is 13.9 Å². The maximum atomic E-state index is 6.41. The Hall–Kier alpha value is -3.05. The van der Waals surface area contributed by atoms with E-state index in [1.807, 2.05) is 43.5 Å². The van der Waals surface area contributed by atoms with Crippen molar-refractivity contribution in [1.82, 2.24) is 9.88 Å². The van der Waals surface area contributed by atoms with Crippen molar-refractivity contribution in [2.45, 2.75) is 39.2 Å². The largest absolute Gasteiger partial charge is 0.486 e. The van der Waals surface area contributed by atoms with Crippen LogP contribution in [0.3, 0.4) is 0 Å². The Bertz CT molecular complexity index is 1220. The fraction of sp³-hybridized carbons (Fsp3) is 0.370. The number of aromatic nitrogens is 1. The van der Waals surface area contributed by atoms with Crippen molar-refractivity contribution in [2.24, 2.45) is 0 Å². The first-order valence-corrected chi connectivity index (χ1v) is 11.6. The molecule has 4 aromatic rings. The van der Waals surface area contributed by atoms with E-state index in [0.717, 1.165) is 72.6 Å². The molecule has 5 rings (SSSR count). The number of rotatable bonds is 8. The van der Waals surface area contributed by atoms with Crippen LogP contribution in [0.5, 0.6) is 11.5 Å². The number of para-hydroxylation sites is 1. The predicted molar refractivity (Wildman–Crippen MR) is 128 cm³/mol. The maximum absolute atomic E-state index is 6.41. The minimum absolute atomic E-state index is 0.0205. The van der Waals surface area contributed by atoms with Gasteiger partial charge in [-0.05, 0) is 75.2 Å². The summed E-state index contributed by atoms with van der Waals surface area (Å²) in [7, 11) is 0. The lowest BCUT2D eigenvalue weighted by Gasteiger charge is -2.31. The summed E-state index contributed by atoms with van der Waals surface area (Å²) < 4.78 is 18.1. The molecule has 0 N–H and O–H groups in total. The molecule has 1 aliphatic heterocycles. The lowest BCUT2D eigenvalue weighted by atomic mass is 10.1. The minimum Gasteiger partial charge on any atom is -0.486 e. The molecule has 0 fully saturated rings. The number of likely N-dealkylation sites (N-methyl/N-ethyl adjacent to an activating group) is 1. The molecule has 32 heavy (non-hydrogen) atoms. The molecule has 0 amide bonds. The summed E-state index contributed by atoms with van der Waals surface area (Å²) in [4.78, 5) is 7.08. The lowest BCUT2D eigenvalue weighted by molar-refractivity contribution is 0.0613. The van der Waals surface area contributed by atoms with Gasteiger partial charge in [-0.15, -0.1) is 0 Å². The van der Waals surface area contributed by atoms with Gasteiger partial charge >= 0.3 is 0 Å². The van der Waals surface area contributed by atoms with E-state index in [1.165, 1.54) is 10.9 Å². The molecule has 5 heteroatoms. The van der Waals surface area contributed by atoms with E-state index < -0.39 is 0 Å². The number of unbranched alkanes of at least 4 members (excludes halogenated alkanes) is 1. The average molecular weight is 431 g/mol. The summed E-state index contributed by atoms with van der Waals surface area (Å²) in [5, 5.41) is 2.26. The normalized spacial score (nSPS) is 15.7. The van der Waals surface area contributed by atoms with Crippen LogP contribution in [0.15, 0.2) is 59.2 Å². The van der Waals surface area contributed by atoms with Gasteiger partial charge in [-0.1, -0.05) is 25.1 Å². The highest BCUT2D eigenvalue weighted by molar-refractivity contribution is 5.88. The number of nitrogens with zero attached hydrogens (tertiary/aromatic N) is 2. The maximum Gasteiger partial charge on any atom is 0.171 e. The molecular formula is C27H30N2O3. The molecular weight excluding hydrogens is 400 g/mol. The Labute approximate surface area is 188 Å². The monoisotopic (exact) mass is 430 g/mol. The van der Waals surface area contributed by atoms with Crippen LogP contribution in [0.4, 0.5) is 0 Å². The highest BCUT2D eigenvalue weighted by Crippen LogP contribution is 2.38. The number of fused-ring (bicyclic) bond motifs is 4. The minimum atomic E-state index is 0.0205. The molecule has 0 unspecified atom stereocenters. The number of aryl methyl sites for hydroxylation is 2. The van der Waals surface area contributed by atoms with E-state index in [-0.39, 0.29) is 6.10 Å². The Morgan fingerprint density at radius 3 is 2.84 bits per heavy atom. The summed E-state index contributed by atoms with van der Waals surface area (Å²) in [6.45, 7) is 7.71. The second-order valence-electron chi connectivity index (χ2n) is 8.57. The number of furan rings is 1. The fourth-order valence-corrected chi connectivity index (χ4v) is 4.51. The van der Waals surface area contributed by atoms with Crippen molar-refractivity contribution in [3.05, 3.63) is 66.1 Å². The van der Waals surface area contributed by atoms with E-state index in [9.17, 15) is 0 Å². The van der Waals surface area contributed by atoms with Crippen LogP contribution in [0, 0.1) is 6.92 Å². The Morgan fingerprint density at radius 2 is 1.94 bits per heavy atom. The third-order valence-electron chi connectivity index (χ3n) is 6.27. The SMILES string of the molecule is CCN(CCCCc1coc2ccccc12)C[C@H]1COc2ccc3nc(C)ccc3c2O1. The lowest BCUT2D eigenvalue weighted by Crippen LogP contribution is -2.41. The summed E-state index contributed by atoms with van der Waals surface area (Å²) in [6.07, 6.45) is 5.26. The van der Waals surface area contributed by atoms with Crippen molar-refractivity contribution in [3.63, 3.8) is 0 Å². The van der Waals surface area contributed by atoms with Gasteiger partial charge in [0.15, 0.2) is 11.5 Å². The number of pyridine rings is 1. The molecule has 5 nitrogen and oxygen atoms in total. The van der Waals surface area contributed by atoms with Gasteiger partial charge in [0.2, 0.25) is 0 Å². The number of benzene rings is 2. The second kappa shape index (κ2) is 9.21. The predicted octanol–water partition coefficient (Wildman–Crippen LogP) is 5.77.